The lowest BCUT2D eigenvalue weighted by Gasteiger charge is -2.05. The van der Waals surface area contributed by atoms with Crippen molar-refractivity contribution < 1.29 is 9.53 Å². The van der Waals surface area contributed by atoms with Crippen molar-refractivity contribution in [2.45, 2.75) is 0 Å². The number of benzene rings is 1. The fourth-order valence-electron chi connectivity index (χ4n) is 2.26. The van der Waals surface area contributed by atoms with Crippen LogP contribution in [-0.4, -0.2) is 39.3 Å². The van der Waals surface area contributed by atoms with Crippen LogP contribution >= 0.6 is 35.1 Å². The molecule has 0 aliphatic carbocycles. The van der Waals surface area contributed by atoms with E-state index < -0.39 is 0 Å². The monoisotopic (exact) mass is 370 g/mol. The van der Waals surface area contributed by atoms with Gasteiger partial charge in [-0.05, 0) is 12.1 Å². The van der Waals surface area contributed by atoms with Gasteiger partial charge in [-0.1, -0.05) is 18.2 Å². The molecule has 0 saturated carbocycles. The van der Waals surface area contributed by atoms with Gasteiger partial charge in [-0.2, -0.15) is 0 Å². The number of carbonyl (C=O) groups excluding carboxylic acids is 1. The molecule has 0 aliphatic heterocycles. The van der Waals surface area contributed by atoms with Crippen LogP contribution in [0.4, 0.5) is 0 Å². The van der Waals surface area contributed by atoms with Gasteiger partial charge >= 0.3 is 0 Å². The van der Waals surface area contributed by atoms with Gasteiger partial charge in [0.15, 0.2) is 0 Å². The molecule has 0 atom stereocenters. The maximum Gasteiger partial charge on any atom is 0.261 e. The van der Waals surface area contributed by atoms with Gasteiger partial charge in [0.2, 0.25) is 0 Å². The average molecular weight is 371 g/mol. The quantitative estimate of drug-likeness (QED) is 0.626. The van der Waals surface area contributed by atoms with E-state index in [2.05, 4.69) is 22.8 Å². The van der Waals surface area contributed by atoms with Crippen molar-refractivity contribution >= 4 is 60.5 Å². The minimum atomic E-state index is 0. The molecular formula is C16H19ClN2O2S2. The Kier molecular flexibility index (Phi) is 6.80. The fraction of sp³-hybridized carbons (Fsp3) is 0.312. The predicted octanol–water partition coefficient (Wildman–Crippen LogP) is 3.50. The van der Waals surface area contributed by atoms with E-state index in [-0.39, 0.29) is 18.3 Å². The lowest BCUT2D eigenvalue weighted by molar-refractivity contribution is 0.0958. The molecule has 0 saturated heterocycles. The third kappa shape index (κ3) is 4.22. The summed E-state index contributed by atoms with van der Waals surface area (Å²) >= 11 is 3.31. The number of amides is 1. The Morgan fingerprint density at radius 3 is 2.78 bits per heavy atom. The van der Waals surface area contributed by atoms with Crippen LogP contribution in [0.3, 0.4) is 0 Å². The number of nitrogens with one attached hydrogen (secondary N) is 2. The third-order valence-electron chi connectivity index (χ3n) is 3.34. The van der Waals surface area contributed by atoms with Crippen LogP contribution in [0.25, 0.3) is 19.5 Å². The highest BCUT2D eigenvalue weighted by atomic mass is 35.5. The molecule has 1 amide bonds. The first-order valence-corrected chi connectivity index (χ1v) is 8.82. The highest BCUT2D eigenvalue weighted by Gasteiger charge is 2.13. The van der Waals surface area contributed by atoms with Crippen LogP contribution in [0.15, 0.2) is 30.3 Å². The van der Waals surface area contributed by atoms with Gasteiger partial charge in [0, 0.05) is 41.5 Å². The molecule has 7 heteroatoms. The minimum Gasteiger partial charge on any atom is -0.383 e. The smallest absolute Gasteiger partial charge is 0.261 e. The molecule has 0 unspecified atom stereocenters. The normalized spacial score (nSPS) is 10.8. The van der Waals surface area contributed by atoms with Crippen LogP contribution in [0.1, 0.15) is 9.67 Å². The number of halogens is 1. The molecule has 0 aliphatic rings. The van der Waals surface area contributed by atoms with E-state index in [1.165, 1.54) is 19.5 Å². The molecule has 3 aromatic rings. The van der Waals surface area contributed by atoms with Crippen LogP contribution in [0, 0.1) is 0 Å². The van der Waals surface area contributed by atoms with E-state index in [0.717, 1.165) is 18.0 Å². The van der Waals surface area contributed by atoms with Crippen LogP contribution in [-0.2, 0) is 4.74 Å². The molecule has 4 nitrogen and oxygen atoms in total. The summed E-state index contributed by atoms with van der Waals surface area (Å²) in [6.07, 6.45) is 0. The molecule has 124 valence electrons. The summed E-state index contributed by atoms with van der Waals surface area (Å²) in [5.41, 5.74) is 0. The fourth-order valence-corrected chi connectivity index (χ4v) is 4.70. The zero-order chi connectivity index (χ0) is 15.4. The Morgan fingerprint density at radius 1 is 1.13 bits per heavy atom. The Morgan fingerprint density at radius 2 is 1.96 bits per heavy atom. The molecule has 1 aromatic carbocycles. The summed E-state index contributed by atoms with van der Waals surface area (Å²) in [4.78, 5) is 13.0. The van der Waals surface area contributed by atoms with E-state index in [9.17, 15) is 4.79 Å². The lowest BCUT2D eigenvalue weighted by atomic mass is 10.2. The second-order valence-corrected chi connectivity index (χ2v) is 7.04. The van der Waals surface area contributed by atoms with Crippen molar-refractivity contribution in [2.24, 2.45) is 0 Å². The van der Waals surface area contributed by atoms with Gasteiger partial charge in [-0.15, -0.1) is 35.1 Å². The maximum absolute atomic E-state index is 12.2. The molecule has 0 bridgehead atoms. The Hall–Kier alpha value is -1.18. The number of thiophene rings is 2. The van der Waals surface area contributed by atoms with Crippen LogP contribution in [0.5, 0.6) is 0 Å². The number of hydrogen-bond acceptors (Lipinski definition) is 5. The first-order valence-electron chi connectivity index (χ1n) is 7.18. The van der Waals surface area contributed by atoms with Crippen LogP contribution in [0.2, 0.25) is 0 Å². The zero-order valence-electron chi connectivity index (χ0n) is 12.8. The minimum absolute atomic E-state index is 0. The molecular weight excluding hydrogens is 352 g/mol. The largest absolute Gasteiger partial charge is 0.383 e. The van der Waals surface area contributed by atoms with Gasteiger partial charge in [0.25, 0.3) is 5.91 Å². The number of rotatable bonds is 7. The maximum atomic E-state index is 12.2. The van der Waals surface area contributed by atoms with E-state index in [1.54, 1.807) is 29.8 Å². The third-order valence-corrected chi connectivity index (χ3v) is 5.76. The summed E-state index contributed by atoms with van der Waals surface area (Å²) in [5.74, 6) is 0.00558. The second-order valence-electron chi connectivity index (χ2n) is 4.90. The summed E-state index contributed by atoms with van der Waals surface area (Å²) in [7, 11) is 1.68. The summed E-state index contributed by atoms with van der Waals surface area (Å²) in [6.45, 7) is 2.85. The van der Waals surface area contributed by atoms with Crippen molar-refractivity contribution in [1.82, 2.24) is 10.6 Å². The van der Waals surface area contributed by atoms with Gasteiger partial charge in [0.05, 0.1) is 16.2 Å². The van der Waals surface area contributed by atoms with Gasteiger partial charge in [-0.3, -0.25) is 4.79 Å². The lowest BCUT2D eigenvalue weighted by Crippen LogP contribution is -2.32. The number of methoxy groups -OCH3 is 1. The predicted molar refractivity (Wildman–Crippen MR) is 102 cm³/mol. The van der Waals surface area contributed by atoms with Crippen molar-refractivity contribution in [3.63, 3.8) is 0 Å². The average Bonchev–Trinajstić information content (AvgIpc) is 3.08. The van der Waals surface area contributed by atoms with Crippen molar-refractivity contribution in [3.8, 4) is 0 Å². The van der Waals surface area contributed by atoms with E-state index in [0.29, 0.717) is 13.2 Å². The summed E-state index contributed by atoms with van der Waals surface area (Å²) in [6, 6.07) is 10.3. The van der Waals surface area contributed by atoms with Crippen molar-refractivity contribution in [3.05, 3.63) is 35.2 Å². The zero-order valence-corrected chi connectivity index (χ0v) is 15.2. The number of hydrogen-bond donors (Lipinski definition) is 2. The van der Waals surface area contributed by atoms with Gasteiger partial charge in [-0.25, -0.2) is 0 Å². The topological polar surface area (TPSA) is 50.4 Å². The standard InChI is InChI=1S/C16H18N2O2S2.ClH/c1-20-9-8-17-6-7-18-16(19)14-10-13-15(22-14)11-4-2-3-5-12(11)21-13;/h2-5,10,17H,6-9H2,1H3,(H,18,19);1H. The van der Waals surface area contributed by atoms with Gasteiger partial charge < -0.3 is 15.4 Å². The van der Waals surface area contributed by atoms with E-state index in [4.69, 9.17) is 4.74 Å². The molecule has 2 aromatic heterocycles. The Balaban J connectivity index is 0.00000192. The highest BCUT2D eigenvalue weighted by molar-refractivity contribution is 7.33. The molecule has 0 radical (unpaired) electrons. The van der Waals surface area contributed by atoms with Crippen molar-refractivity contribution in [1.29, 1.82) is 0 Å². The molecule has 2 heterocycles. The first-order chi connectivity index (χ1) is 10.8. The molecule has 3 rings (SSSR count). The molecule has 0 spiro atoms. The van der Waals surface area contributed by atoms with Crippen LogP contribution < -0.4 is 10.6 Å². The number of carbonyl (C=O) groups is 1. The molecule has 0 fully saturated rings. The first kappa shape index (κ1) is 18.2. The van der Waals surface area contributed by atoms with Gasteiger partial charge in [0.1, 0.15) is 0 Å². The molecule has 23 heavy (non-hydrogen) atoms. The van der Waals surface area contributed by atoms with E-state index in [1.807, 2.05) is 18.2 Å². The number of fused-ring (bicyclic) bond motifs is 3. The summed E-state index contributed by atoms with van der Waals surface area (Å²) < 4.78 is 8.63. The van der Waals surface area contributed by atoms with E-state index >= 15 is 0 Å². The van der Waals surface area contributed by atoms with Crippen molar-refractivity contribution in [2.75, 3.05) is 33.4 Å². The SMILES string of the molecule is COCCNCCNC(=O)c1cc2sc3ccccc3c2s1.Cl. The highest BCUT2D eigenvalue weighted by Crippen LogP contribution is 2.39. The Labute approximate surface area is 149 Å². The second kappa shape index (κ2) is 8.61. The number of ether oxygens (including phenoxy) is 1. The Bertz CT molecular complexity index is 785. The molecule has 2 N–H and O–H groups in total. The summed E-state index contributed by atoms with van der Waals surface area (Å²) in [5, 5.41) is 7.40.